The third-order valence-corrected chi connectivity index (χ3v) is 7.06. The fourth-order valence-electron chi connectivity index (χ4n) is 4.73. The van der Waals surface area contributed by atoms with Crippen LogP contribution in [-0.2, 0) is 6.54 Å². The molecule has 5 heteroatoms. The molecule has 0 radical (unpaired) electrons. The first kappa shape index (κ1) is 15.8. The summed E-state index contributed by atoms with van der Waals surface area (Å²) in [6.45, 7) is 3.48. The van der Waals surface area contributed by atoms with Crippen LogP contribution in [0, 0.1) is 5.92 Å². The molecule has 1 saturated heterocycles. The Morgan fingerprint density at radius 1 is 1.12 bits per heavy atom. The molecule has 1 N–H and O–H groups in total. The van der Waals surface area contributed by atoms with Crippen molar-refractivity contribution in [1.29, 1.82) is 0 Å². The second-order valence-corrected chi connectivity index (χ2v) is 8.63. The predicted molar refractivity (Wildman–Crippen MR) is 104 cm³/mol. The van der Waals surface area contributed by atoms with E-state index in [0.717, 1.165) is 23.5 Å². The molecule has 0 unspecified atom stereocenters. The fraction of sp³-hybridized carbons (Fsp3) is 0.600. The van der Waals surface area contributed by atoms with Crippen LogP contribution in [-0.4, -0.2) is 27.6 Å². The lowest BCUT2D eigenvalue weighted by Crippen LogP contribution is -2.28. The number of rotatable bonds is 4. The molecule has 25 heavy (non-hydrogen) atoms. The maximum Gasteiger partial charge on any atom is 0.113 e. The van der Waals surface area contributed by atoms with Crippen molar-refractivity contribution in [3.05, 3.63) is 23.5 Å². The van der Waals surface area contributed by atoms with Crippen molar-refractivity contribution in [3.63, 3.8) is 0 Å². The first-order valence-corrected chi connectivity index (χ1v) is 10.7. The van der Waals surface area contributed by atoms with Crippen LogP contribution < -0.4 is 5.32 Å². The molecule has 132 valence electrons. The van der Waals surface area contributed by atoms with Crippen LogP contribution in [0.5, 0.6) is 0 Å². The summed E-state index contributed by atoms with van der Waals surface area (Å²) in [7, 11) is 0. The number of hydrogen-bond acceptors (Lipinski definition) is 4. The number of imidazole rings is 1. The number of thiophene rings is 1. The number of aryl methyl sites for hydroxylation is 1. The van der Waals surface area contributed by atoms with Gasteiger partial charge in [-0.15, -0.1) is 11.3 Å². The van der Waals surface area contributed by atoms with Crippen molar-refractivity contribution in [1.82, 2.24) is 19.9 Å². The first-order valence-electron chi connectivity index (χ1n) is 9.83. The van der Waals surface area contributed by atoms with E-state index in [1.165, 1.54) is 74.1 Å². The molecule has 0 amide bonds. The number of aromatic nitrogens is 3. The molecule has 0 spiro atoms. The van der Waals surface area contributed by atoms with Gasteiger partial charge < -0.3 is 9.88 Å². The summed E-state index contributed by atoms with van der Waals surface area (Å²) in [4.78, 5) is 9.71. The van der Waals surface area contributed by atoms with Crippen LogP contribution in [0.4, 0.5) is 0 Å². The van der Waals surface area contributed by atoms with Gasteiger partial charge in [-0.1, -0.05) is 12.8 Å². The van der Waals surface area contributed by atoms with Gasteiger partial charge in [0, 0.05) is 12.5 Å². The van der Waals surface area contributed by atoms with E-state index in [9.17, 15) is 0 Å². The van der Waals surface area contributed by atoms with E-state index in [2.05, 4.69) is 26.3 Å². The Morgan fingerprint density at radius 3 is 2.80 bits per heavy atom. The summed E-state index contributed by atoms with van der Waals surface area (Å²) in [6, 6.07) is 2.14. The van der Waals surface area contributed by atoms with Crippen LogP contribution in [0.25, 0.3) is 21.3 Å². The highest BCUT2D eigenvalue weighted by Gasteiger charge is 2.25. The Labute approximate surface area is 152 Å². The zero-order chi connectivity index (χ0) is 16.6. The number of fused-ring (bicyclic) bond motifs is 3. The quantitative estimate of drug-likeness (QED) is 0.739. The lowest BCUT2D eigenvalue weighted by molar-refractivity contribution is 0.336. The smallest absolute Gasteiger partial charge is 0.113 e. The minimum absolute atomic E-state index is 0.649. The van der Waals surface area contributed by atoms with Crippen LogP contribution >= 0.6 is 11.3 Å². The second-order valence-electron chi connectivity index (χ2n) is 7.71. The zero-order valence-electron chi connectivity index (χ0n) is 14.7. The fourth-order valence-corrected chi connectivity index (χ4v) is 5.64. The van der Waals surface area contributed by atoms with Crippen LogP contribution in [0.1, 0.15) is 56.7 Å². The lowest BCUT2D eigenvalue weighted by atomic mass is 9.94. The number of hydrogen-bond donors (Lipinski definition) is 1. The molecule has 4 heterocycles. The van der Waals surface area contributed by atoms with Gasteiger partial charge in [-0.05, 0) is 62.6 Å². The molecule has 4 nitrogen and oxygen atoms in total. The summed E-state index contributed by atoms with van der Waals surface area (Å²) >= 11 is 1.81. The van der Waals surface area contributed by atoms with Gasteiger partial charge >= 0.3 is 0 Å². The van der Waals surface area contributed by atoms with E-state index in [1.54, 1.807) is 0 Å². The maximum atomic E-state index is 5.08. The van der Waals surface area contributed by atoms with Crippen LogP contribution in [0.2, 0.25) is 0 Å². The highest BCUT2D eigenvalue weighted by atomic mass is 32.1. The summed E-state index contributed by atoms with van der Waals surface area (Å²) in [6.07, 6.45) is 11.2. The SMILES string of the molecule is c1cc2ncc3nc(C4CCCC4)n(CCC4CCNCC4)c3c2s1. The molecular weight excluding hydrogens is 328 g/mol. The molecule has 0 aromatic carbocycles. The molecule has 5 rings (SSSR count). The van der Waals surface area contributed by atoms with Crippen LogP contribution in [0.15, 0.2) is 17.6 Å². The minimum atomic E-state index is 0.649. The molecule has 1 aliphatic heterocycles. The molecule has 0 atom stereocenters. The Balaban J connectivity index is 1.56. The molecule has 1 aliphatic carbocycles. The number of nitrogens with one attached hydrogen (secondary N) is 1. The normalized spacial score (nSPS) is 20.2. The van der Waals surface area contributed by atoms with Gasteiger partial charge in [0.05, 0.1) is 21.9 Å². The van der Waals surface area contributed by atoms with Crippen molar-refractivity contribution >= 4 is 32.6 Å². The summed E-state index contributed by atoms with van der Waals surface area (Å²) in [5.41, 5.74) is 3.57. The monoisotopic (exact) mass is 354 g/mol. The molecule has 0 bridgehead atoms. The number of pyridine rings is 1. The zero-order valence-corrected chi connectivity index (χ0v) is 15.5. The van der Waals surface area contributed by atoms with Gasteiger partial charge in [0.1, 0.15) is 11.3 Å². The Hall–Kier alpha value is -1.46. The van der Waals surface area contributed by atoms with E-state index in [1.807, 2.05) is 17.5 Å². The topological polar surface area (TPSA) is 42.7 Å². The third kappa shape index (κ3) is 2.87. The van der Waals surface area contributed by atoms with Crippen molar-refractivity contribution in [2.45, 2.75) is 57.4 Å². The van der Waals surface area contributed by atoms with Gasteiger partial charge in [0.25, 0.3) is 0 Å². The van der Waals surface area contributed by atoms with Gasteiger partial charge in [-0.3, -0.25) is 4.98 Å². The van der Waals surface area contributed by atoms with E-state index >= 15 is 0 Å². The highest BCUT2D eigenvalue weighted by molar-refractivity contribution is 7.18. The van der Waals surface area contributed by atoms with E-state index in [-0.39, 0.29) is 0 Å². The third-order valence-electron chi connectivity index (χ3n) is 6.15. The van der Waals surface area contributed by atoms with Crippen LogP contribution in [0.3, 0.4) is 0 Å². The summed E-state index contributed by atoms with van der Waals surface area (Å²) in [5.74, 6) is 2.84. The van der Waals surface area contributed by atoms with Crippen molar-refractivity contribution in [3.8, 4) is 0 Å². The average molecular weight is 355 g/mol. The van der Waals surface area contributed by atoms with Crippen molar-refractivity contribution in [2.24, 2.45) is 5.92 Å². The molecule has 3 aromatic heterocycles. The Morgan fingerprint density at radius 2 is 1.96 bits per heavy atom. The van der Waals surface area contributed by atoms with E-state index < -0.39 is 0 Å². The lowest BCUT2D eigenvalue weighted by Gasteiger charge is -2.23. The molecule has 3 aromatic rings. The predicted octanol–water partition coefficient (Wildman–Crippen LogP) is 4.69. The van der Waals surface area contributed by atoms with Gasteiger partial charge in [-0.25, -0.2) is 4.98 Å². The standard InChI is InChI=1S/C20H26N4S/c1-2-4-15(3-1)20-23-17-13-22-16-8-12-25-19(16)18(17)24(20)11-7-14-5-9-21-10-6-14/h8,12-15,21H,1-7,9-11H2. The Kier molecular flexibility index (Phi) is 4.22. The summed E-state index contributed by atoms with van der Waals surface area (Å²) in [5, 5.41) is 5.65. The van der Waals surface area contributed by atoms with Crippen molar-refractivity contribution < 1.29 is 0 Å². The summed E-state index contributed by atoms with van der Waals surface area (Å²) < 4.78 is 3.90. The molecule has 2 aliphatic rings. The molecule has 1 saturated carbocycles. The highest BCUT2D eigenvalue weighted by Crippen LogP contribution is 2.38. The number of piperidine rings is 1. The largest absolute Gasteiger partial charge is 0.326 e. The van der Waals surface area contributed by atoms with Gasteiger partial charge in [0.15, 0.2) is 0 Å². The Bertz CT molecular complexity index is 868. The van der Waals surface area contributed by atoms with E-state index in [4.69, 9.17) is 4.98 Å². The van der Waals surface area contributed by atoms with Gasteiger partial charge in [-0.2, -0.15) is 0 Å². The second kappa shape index (κ2) is 6.69. The maximum absolute atomic E-state index is 5.08. The van der Waals surface area contributed by atoms with E-state index in [0.29, 0.717) is 5.92 Å². The van der Waals surface area contributed by atoms with Gasteiger partial charge in [0.2, 0.25) is 0 Å². The minimum Gasteiger partial charge on any atom is -0.326 e. The molecular formula is C20H26N4S. The number of nitrogens with zero attached hydrogens (tertiary/aromatic N) is 3. The molecule has 2 fully saturated rings. The first-order chi connectivity index (χ1) is 12.4. The average Bonchev–Trinajstić information content (AvgIpc) is 3.38. The van der Waals surface area contributed by atoms with Crippen molar-refractivity contribution in [2.75, 3.05) is 13.1 Å².